The Bertz CT molecular complexity index is 1100. The smallest absolute Gasteiger partial charge is 0.259 e. The van der Waals surface area contributed by atoms with Gasteiger partial charge in [-0.3, -0.25) is 9.59 Å². The summed E-state index contributed by atoms with van der Waals surface area (Å²) in [5, 5.41) is 7.28. The zero-order valence-electron chi connectivity index (χ0n) is 15.1. The molecule has 7 nitrogen and oxygen atoms in total. The molecule has 8 heteroatoms. The van der Waals surface area contributed by atoms with Crippen LogP contribution in [0.2, 0.25) is 0 Å². The summed E-state index contributed by atoms with van der Waals surface area (Å²) in [5.74, 6) is -0.591. The Hall–Kier alpha value is -3.29. The number of nitrogens with one attached hydrogen (secondary N) is 1. The van der Waals surface area contributed by atoms with Crippen molar-refractivity contribution in [2.24, 2.45) is 0 Å². The van der Waals surface area contributed by atoms with E-state index < -0.39 is 6.04 Å². The first-order valence-corrected chi connectivity index (χ1v) is 9.16. The SMILES string of the molecule is Cc1noc2nc(C3CC3)cc(C(=O)N[C@@H]3CN(c4ccc(F)cc4)C3=O)c12. The third-order valence-electron chi connectivity index (χ3n) is 5.25. The Morgan fingerprint density at radius 2 is 2.04 bits per heavy atom. The molecule has 0 bridgehead atoms. The van der Waals surface area contributed by atoms with Gasteiger partial charge in [0.1, 0.15) is 11.9 Å². The molecule has 1 saturated carbocycles. The van der Waals surface area contributed by atoms with Crippen LogP contribution < -0.4 is 10.2 Å². The first kappa shape index (κ1) is 16.9. The molecule has 2 fully saturated rings. The summed E-state index contributed by atoms with van der Waals surface area (Å²) in [6, 6.07) is 6.85. The Balaban J connectivity index is 1.37. The van der Waals surface area contributed by atoms with E-state index in [2.05, 4.69) is 15.5 Å². The number of anilines is 1. The third kappa shape index (κ3) is 2.72. The van der Waals surface area contributed by atoms with Gasteiger partial charge in [0.15, 0.2) is 0 Å². The van der Waals surface area contributed by atoms with Crippen molar-refractivity contribution >= 4 is 28.6 Å². The highest BCUT2D eigenvalue weighted by Gasteiger charge is 2.39. The van der Waals surface area contributed by atoms with Crippen LogP contribution in [0.25, 0.3) is 11.1 Å². The first-order chi connectivity index (χ1) is 13.5. The van der Waals surface area contributed by atoms with Crippen LogP contribution in [-0.2, 0) is 4.79 Å². The summed E-state index contributed by atoms with van der Waals surface area (Å²) in [7, 11) is 0. The van der Waals surface area contributed by atoms with Crippen molar-refractivity contribution in [3.05, 3.63) is 53.1 Å². The van der Waals surface area contributed by atoms with Crippen molar-refractivity contribution in [3.63, 3.8) is 0 Å². The molecular weight excluding hydrogens is 363 g/mol. The van der Waals surface area contributed by atoms with Gasteiger partial charge < -0.3 is 14.7 Å². The number of carbonyl (C=O) groups is 2. The molecule has 5 rings (SSSR count). The highest BCUT2D eigenvalue weighted by molar-refractivity contribution is 6.11. The van der Waals surface area contributed by atoms with Gasteiger partial charge in [-0.25, -0.2) is 9.37 Å². The number of β-lactam (4-membered cyclic amide) rings is 1. The van der Waals surface area contributed by atoms with E-state index in [1.54, 1.807) is 25.1 Å². The molecule has 2 amide bonds. The number of aryl methyl sites for hydroxylation is 1. The molecule has 3 heterocycles. The van der Waals surface area contributed by atoms with E-state index in [1.165, 1.54) is 17.0 Å². The minimum atomic E-state index is -0.620. The summed E-state index contributed by atoms with van der Waals surface area (Å²) >= 11 is 0. The number of hydrogen-bond donors (Lipinski definition) is 1. The predicted octanol–water partition coefficient (Wildman–Crippen LogP) is 2.69. The zero-order chi connectivity index (χ0) is 19.4. The van der Waals surface area contributed by atoms with Gasteiger partial charge in [-0.1, -0.05) is 5.16 Å². The van der Waals surface area contributed by atoms with Gasteiger partial charge in [0.05, 0.1) is 23.2 Å². The van der Waals surface area contributed by atoms with Gasteiger partial charge in [0.2, 0.25) is 0 Å². The highest BCUT2D eigenvalue weighted by atomic mass is 19.1. The Morgan fingerprint density at radius 3 is 2.71 bits per heavy atom. The number of rotatable bonds is 4. The lowest BCUT2D eigenvalue weighted by molar-refractivity contribution is -0.124. The summed E-state index contributed by atoms with van der Waals surface area (Å²) in [5.41, 5.74) is 2.79. The van der Waals surface area contributed by atoms with E-state index in [9.17, 15) is 14.0 Å². The van der Waals surface area contributed by atoms with Gasteiger partial charge in [-0.05, 0) is 50.1 Å². The Morgan fingerprint density at radius 1 is 1.29 bits per heavy atom. The van der Waals surface area contributed by atoms with E-state index in [1.807, 2.05) is 0 Å². The molecule has 0 unspecified atom stereocenters. The fourth-order valence-electron chi connectivity index (χ4n) is 3.50. The van der Waals surface area contributed by atoms with Crippen molar-refractivity contribution in [3.8, 4) is 0 Å². The van der Waals surface area contributed by atoms with Crippen LogP contribution in [0.15, 0.2) is 34.9 Å². The number of pyridine rings is 1. The van der Waals surface area contributed by atoms with Gasteiger partial charge >= 0.3 is 0 Å². The lowest BCUT2D eigenvalue weighted by atomic mass is 10.0. The minimum absolute atomic E-state index is 0.227. The third-order valence-corrected chi connectivity index (χ3v) is 5.25. The lowest BCUT2D eigenvalue weighted by Crippen LogP contribution is -2.64. The molecule has 3 aromatic rings. The summed E-state index contributed by atoms with van der Waals surface area (Å²) in [6.45, 7) is 2.09. The van der Waals surface area contributed by atoms with Crippen molar-refractivity contribution in [2.75, 3.05) is 11.4 Å². The molecule has 1 N–H and O–H groups in total. The first-order valence-electron chi connectivity index (χ1n) is 9.16. The van der Waals surface area contributed by atoms with Crippen LogP contribution in [0.3, 0.4) is 0 Å². The topological polar surface area (TPSA) is 88.3 Å². The molecule has 28 heavy (non-hydrogen) atoms. The maximum Gasteiger partial charge on any atom is 0.259 e. The number of hydrogen-bond acceptors (Lipinski definition) is 5. The van der Waals surface area contributed by atoms with Crippen molar-refractivity contribution < 1.29 is 18.5 Å². The molecule has 1 atom stereocenters. The van der Waals surface area contributed by atoms with Crippen LogP contribution in [0.5, 0.6) is 0 Å². The van der Waals surface area contributed by atoms with E-state index >= 15 is 0 Å². The maximum atomic E-state index is 13.1. The molecule has 0 spiro atoms. The maximum absolute atomic E-state index is 13.1. The Labute approximate surface area is 159 Å². The van der Waals surface area contributed by atoms with E-state index in [4.69, 9.17) is 4.52 Å². The van der Waals surface area contributed by atoms with Crippen LogP contribution in [0.4, 0.5) is 10.1 Å². The standard InChI is InChI=1S/C20H17FN4O3/c1-10-17-14(8-15(11-2-3-11)23-19(17)28-24-10)18(26)22-16-9-25(20(16)27)13-6-4-12(21)5-7-13/h4-8,11,16H,2-3,9H2,1H3,(H,22,26)/t16-/m1/s1. The van der Waals surface area contributed by atoms with E-state index in [0.717, 1.165) is 18.5 Å². The molecule has 2 aliphatic rings. The molecule has 1 aliphatic heterocycles. The molecule has 2 aromatic heterocycles. The van der Waals surface area contributed by atoms with Crippen LogP contribution in [0.1, 0.15) is 40.5 Å². The molecule has 1 aromatic carbocycles. The fraction of sp³-hybridized carbons (Fsp3) is 0.300. The van der Waals surface area contributed by atoms with Crippen LogP contribution >= 0.6 is 0 Å². The molecule has 0 radical (unpaired) electrons. The second-order valence-corrected chi connectivity index (χ2v) is 7.27. The largest absolute Gasteiger partial charge is 0.339 e. The number of carbonyl (C=O) groups excluding carboxylic acids is 2. The van der Waals surface area contributed by atoms with Crippen LogP contribution in [0, 0.1) is 12.7 Å². The van der Waals surface area contributed by atoms with Crippen molar-refractivity contribution in [2.45, 2.75) is 31.7 Å². The van der Waals surface area contributed by atoms with E-state index in [0.29, 0.717) is 40.5 Å². The average Bonchev–Trinajstić information content (AvgIpc) is 3.48. The van der Waals surface area contributed by atoms with Crippen molar-refractivity contribution in [1.29, 1.82) is 0 Å². The summed E-state index contributed by atoms with van der Waals surface area (Å²) in [4.78, 5) is 31.3. The number of fused-ring (bicyclic) bond motifs is 1. The van der Waals surface area contributed by atoms with Gasteiger partial charge in [-0.15, -0.1) is 0 Å². The number of benzene rings is 1. The monoisotopic (exact) mass is 380 g/mol. The number of halogens is 1. The quantitative estimate of drug-likeness (QED) is 0.703. The lowest BCUT2D eigenvalue weighted by Gasteiger charge is -2.38. The van der Waals surface area contributed by atoms with Gasteiger partial charge in [-0.2, -0.15) is 0 Å². The molecule has 1 saturated heterocycles. The number of aromatic nitrogens is 2. The number of nitrogens with zero attached hydrogens (tertiary/aromatic N) is 3. The fourth-order valence-corrected chi connectivity index (χ4v) is 3.50. The predicted molar refractivity (Wildman–Crippen MR) is 98.5 cm³/mol. The second-order valence-electron chi connectivity index (χ2n) is 7.27. The second kappa shape index (κ2) is 6.12. The Kier molecular flexibility index (Phi) is 3.68. The summed E-state index contributed by atoms with van der Waals surface area (Å²) < 4.78 is 18.3. The minimum Gasteiger partial charge on any atom is -0.339 e. The highest BCUT2D eigenvalue weighted by Crippen LogP contribution is 2.40. The average molecular weight is 380 g/mol. The molecular formula is C20H17FN4O3. The normalized spacial score (nSPS) is 19.0. The van der Waals surface area contributed by atoms with Gasteiger partial charge in [0, 0.05) is 17.3 Å². The summed E-state index contributed by atoms with van der Waals surface area (Å²) in [6.07, 6.45) is 2.08. The van der Waals surface area contributed by atoms with Crippen molar-refractivity contribution in [1.82, 2.24) is 15.5 Å². The molecule has 1 aliphatic carbocycles. The molecule has 142 valence electrons. The zero-order valence-corrected chi connectivity index (χ0v) is 15.1. The number of amides is 2. The van der Waals surface area contributed by atoms with Crippen LogP contribution in [-0.4, -0.2) is 34.5 Å². The van der Waals surface area contributed by atoms with E-state index in [-0.39, 0.29) is 17.6 Å². The van der Waals surface area contributed by atoms with Gasteiger partial charge in [0.25, 0.3) is 17.5 Å².